The first-order valence-electron chi connectivity index (χ1n) is 10.5. The predicted molar refractivity (Wildman–Crippen MR) is 139 cm³/mol. The fraction of sp³-hybridized carbons (Fsp3) is 0.103. The summed E-state index contributed by atoms with van der Waals surface area (Å²) < 4.78 is 0. The first kappa shape index (κ1) is 20.2. The summed E-state index contributed by atoms with van der Waals surface area (Å²) in [6.45, 7) is 0. The van der Waals surface area contributed by atoms with E-state index >= 15 is 0 Å². The van der Waals surface area contributed by atoms with Crippen molar-refractivity contribution in [1.29, 1.82) is 0 Å². The summed E-state index contributed by atoms with van der Waals surface area (Å²) in [5.41, 5.74) is 10.5. The number of hydrogen-bond donors (Lipinski definition) is 0. The quantitative estimate of drug-likeness (QED) is 0.259. The second kappa shape index (κ2) is 8.82. The molecular formula is C29H24S2. The summed E-state index contributed by atoms with van der Waals surface area (Å²) in [6.07, 6.45) is 9.70. The average Bonchev–Trinajstić information content (AvgIpc) is 3.02. The van der Waals surface area contributed by atoms with Gasteiger partial charge in [0.15, 0.2) is 0 Å². The van der Waals surface area contributed by atoms with Gasteiger partial charge in [0.1, 0.15) is 0 Å². The van der Waals surface area contributed by atoms with E-state index in [9.17, 15) is 0 Å². The lowest BCUT2D eigenvalue weighted by atomic mass is 9.93. The van der Waals surface area contributed by atoms with Crippen molar-refractivity contribution in [3.05, 3.63) is 107 Å². The van der Waals surface area contributed by atoms with Crippen LogP contribution in [-0.4, -0.2) is 12.5 Å². The number of rotatable bonds is 4. The maximum atomic E-state index is 2.36. The summed E-state index contributed by atoms with van der Waals surface area (Å²) in [5, 5.41) is 0. The summed E-state index contributed by atoms with van der Waals surface area (Å²) >= 11 is 3.56. The minimum Gasteiger partial charge on any atom is -0.130 e. The molecular weight excluding hydrogens is 412 g/mol. The van der Waals surface area contributed by atoms with Gasteiger partial charge >= 0.3 is 0 Å². The van der Waals surface area contributed by atoms with Crippen molar-refractivity contribution in [2.45, 2.75) is 16.2 Å². The lowest BCUT2D eigenvalue weighted by Gasteiger charge is -2.11. The van der Waals surface area contributed by atoms with E-state index in [-0.39, 0.29) is 0 Å². The van der Waals surface area contributed by atoms with Gasteiger partial charge in [0.25, 0.3) is 0 Å². The van der Waals surface area contributed by atoms with E-state index in [1.165, 1.54) is 54.3 Å². The van der Waals surface area contributed by atoms with E-state index in [2.05, 4.69) is 110 Å². The molecule has 0 saturated carbocycles. The summed E-state index contributed by atoms with van der Waals surface area (Å²) in [7, 11) is 0. The van der Waals surface area contributed by atoms with E-state index in [4.69, 9.17) is 0 Å². The minimum absolute atomic E-state index is 0.950. The van der Waals surface area contributed by atoms with E-state index in [1.807, 2.05) is 0 Å². The molecule has 0 saturated heterocycles. The molecule has 2 heteroatoms. The molecule has 5 rings (SSSR count). The molecule has 0 N–H and O–H groups in total. The van der Waals surface area contributed by atoms with Gasteiger partial charge in [-0.15, -0.1) is 23.5 Å². The molecule has 0 radical (unpaired) electrons. The fourth-order valence-corrected chi connectivity index (χ4v) is 4.97. The van der Waals surface area contributed by atoms with Crippen LogP contribution >= 0.6 is 23.5 Å². The number of benzene rings is 4. The van der Waals surface area contributed by atoms with Crippen LogP contribution in [0.1, 0.15) is 22.3 Å². The fourth-order valence-electron chi connectivity index (χ4n) is 4.15. The lowest BCUT2D eigenvalue weighted by Crippen LogP contribution is -1.94. The van der Waals surface area contributed by atoms with Crippen LogP contribution in [0.25, 0.3) is 34.4 Å². The van der Waals surface area contributed by atoms with E-state index in [1.54, 1.807) is 23.5 Å². The SMILES string of the molecule is CSc1ccc(-c2ccc3c(c2)Cc2cc(-c4ccc(SC)cc4)ccc2C=C3)cc1. The number of thioether (sulfide) groups is 2. The van der Waals surface area contributed by atoms with Crippen LogP contribution in [0, 0.1) is 0 Å². The van der Waals surface area contributed by atoms with Crippen LogP contribution < -0.4 is 0 Å². The maximum absolute atomic E-state index is 2.36. The van der Waals surface area contributed by atoms with Crippen molar-refractivity contribution in [1.82, 2.24) is 0 Å². The van der Waals surface area contributed by atoms with Crippen molar-refractivity contribution in [3.63, 3.8) is 0 Å². The third-order valence-electron chi connectivity index (χ3n) is 5.96. The van der Waals surface area contributed by atoms with E-state index in [0.717, 1.165) is 6.42 Å². The monoisotopic (exact) mass is 436 g/mol. The molecule has 0 aromatic heterocycles. The highest BCUT2D eigenvalue weighted by Gasteiger charge is 2.12. The largest absolute Gasteiger partial charge is 0.130 e. The Kier molecular flexibility index (Phi) is 5.76. The summed E-state index contributed by atoms with van der Waals surface area (Å²) in [5.74, 6) is 0. The highest BCUT2D eigenvalue weighted by Crippen LogP contribution is 2.32. The summed E-state index contributed by atoms with van der Waals surface area (Å²) in [4.78, 5) is 2.60. The topological polar surface area (TPSA) is 0 Å². The zero-order valence-corrected chi connectivity index (χ0v) is 19.4. The van der Waals surface area contributed by atoms with Crippen molar-refractivity contribution in [2.24, 2.45) is 0 Å². The maximum Gasteiger partial charge on any atom is 0.00695 e. The second-order valence-electron chi connectivity index (χ2n) is 7.79. The van der Waals surface area contributed by atoms with Crippen LogP contribution in [0.2, 0.25) is 0 Å². The van der Waals surface area contributed by atoms with Gasteiger partial charge in [-0.2, -0.15) is 0 Å². The Balaban J connectivity index is 1.49. The minimum atomic E-state index is 0.950. The van der Waals surface area contributed by atoms with Gasteiger partial charge in [0.2, 0.25) is 0 Å². The summed E-state index contributed by atoms with van der Waals surface area (Å²) in [6, 6.07) is 31.5. The van der Waals surface area contributed by atoms with Gasteiger partial charge in [-0.3, -0.25) is 0 Å². The van der Waals surface area contributed by atoms with Crippen molar-refractivity contribution in [2.75, 3.05) is 12.5 Å². The Hall–Kier alpha value is -2.68. The van der Waals surface area contributed by atoms with E-state index in [0.29, 0.717) is 0 Å². The molecule has 0 bridgehead atoms. The Labute approximate surface area is 193 Å². The first-order chi connectivity index (χ1) is 15.2. The zero-order valence-electron chi connectivity index (χ0n) is 17.8. The Morgan fingerprint density at radius 1 is 0.484 bits per heavy atom. The highest BCUT2D eigenvalue weighted by atomic mass is 32.2. The van der Waals surface area contributed by atoms with E-state index < -0.39 is 0 Å². The molecule has 0 fully saturated rings. The molecule has 1 aliphatic carbocycles. The molecule has 0 nitrogen and oxygen atoms in total. The molecule has 4 aromatic rings. The standard InChI is InChI=1S/C29H24S2/c1-30-28-13-9-20(10-14-28)24-7-5-22-3-4-23-6-8-25(18-27(23)19-26(22)17-24)21-11-15-29(31-2)16-12-21/h3-18H,19H2,1-2H3. The molecule has 1 aliphatic rings. The van der Waals surface area contributed by atoms with Crippen molar-refractivity contribution < 1.29 is 0 Å². The molecule has 0 spiro atoms. The Morgan fingerprint density at radius 2 is 0.871 bits per heavy atom. The predicted octanol–water partition coefficient (Wildman–Crippen LogP) is 8.54. The van der Waals surface area contributed by atoms with Crippen LogP contribution in [0.4, 0.5) is 0 Å². The molecule has 31 heavy (non-hydrogen) atoms. The molecule has 0 unspecified atom stereocenters. The number of hydrogen-bond acceptors (Lipinski definition) is 2. The van der Waals surface area contributed by atoms with Gasteiger partial charge in [0.05, 0.1) is 0 Å². The van der Waals surface area contributed by atoms with Gasteiger partial charge in [-0.1, -0.05) is 72.8 Å². The highest BCUT2D eigenvalue weighted by molar-refractivity contribution is 7.98. The van der Waals surface area contributed by atoms with Crippen molar-refractivity contribution >= 4 is 35.7 Å². The third kappa shape index (κ3) is 4.23. The molecule has 4 aromatic carbocycles. The molecule has 0 amide bonds. The van der Waals surface area contributed by atoms with Crippen LogP contribution in [0.15, 0.2) is 94.7 Å². The van der Waals surface area contributed by atoms with Gasteiger partial charge < -0.3 is 0 Å². The van der Waals surface area contributed by atoms with Gasteiger partial charge in [-0.05, 0) is 87.7 Å². The van der Waals surface area contributed by atoms with Crippen LogP contribution in [-0.2, 0) is 6.42 Å². The van der Waals surface area contributed by atoms with Crippen molar-refractivity contribution in [3.8, 4) is 22.3 Å². The van der Waals surface area contributed by atoms with Crippen LogP contribution in [0.3, 0.4) is 0 Å². The van der Waals surface area contributed by atoms with Gasteiger partial charge in [-0.25, -0.2) is 0 Å². The first-order valence-corrected chi connectivity index (χ1v) is 12.9. The zero-order chi connectivity index (χ0) is 21.2. The Bertz CT molecular complexity index is 1150. The number of fused-ring (bicyclic) bond motifs is 2. The molecule has 0 aliphatic heterocycles. The Morgan fingerprint density at radius 3 is 1.26 bits per heavy atom. The molecule has 0 atom stereocenters. The smallest absolute Gasteiger partial charge is 0.00695 e. The van der Waals surface area contributed by atoms with Crippen LogP contribution in [0.5, 0.6) is 0 Å². The normalized spacial score (nSPS) is 12.2. The molecule has 0 heterocycles. The third-order valence-corrected chi connectivity index (χ3v) is 7.44. The second-order valence-corrected chi connectivity index (χ2v) is 9.55. The molecule has 152 valence electrons. The average molecular weight is 437 g/mol. The van der Waals surface area contributed by atoms with Gasteiger partial charge in [0, 0.05) is 9.79 Å². The lowest BCUT2D eigenvalue weighted by molar-refractivity contribution is 1.19.